The molecule has 1 N–H and O–H groups in total. The summed E-state index contributed by atoms with van der Waals surface area (Å²) in [5.41, 5.74) is 3.57. The molecule has 3 rings (SSSR count). The van der Waals surface area contributed by atoms with E-state index >= 15 is 0 Å². The molecule has 2 aromatic heterocycles. The Labute approximate surface area is 104 Å². The molecule has 5 heteroatoms. The normalized spacial score (nSPS) is 10.8. The summed E-state index contributed by atoms with van der Waals surface area (Å²) in [5, 5.41) is 7.34. The Morgan fingerprint density at radius 1 is 1.11 bits per heavy atom. The first-order chi connectivity index (χ1) is 8.72. The Hall–Kier alpha value is -2.43. The monoisotopic (exact) mass is 239 g/mol. The number of hydrogen-bond donors (Lipinski definition) is 1. The van der Waals surface area contributed by atoms with Gasteiger partial charge in [0, 0.05) is 13.2 Å². The Kier molecular flexibility index (Phi) is 2.44. The van der Waals surface area contributed by atoms with E-state index in [1.807, 2.05) is 44.4 Å². The minimum atomic E-state index is 0.765. The lowest BCUT2D eigenvalue weighted by Crippen LogP contribution is -1.98. The topological polar surface area (TPSA) is 55.6 Å². The SMILES string of the molecule is Cc1nc2ccccc2nc1Nc1cnn(C)c1. The fraction of sp³-hybridized carbons (Fsp3) is 0.154. The molecule has 1 aromatic carbocycles. The molecular weight excluding hydrogens is 226 g/mol. The zero-order valence-electron chi connectivity index (χ0n) is 10.3. The summed E-state index contributed by atoms with van der Waals surface area (Å²) in [6.45, 7) is 1.94. The van der Waals surface area contributed by atoms with Gasteiger partial charge in [-0.3, -0.25) is 4.68 Å². The zero-order chi connectivity index (χ0) is 12.5. The molecule has 90 valence electrons. The number of anilines is 2. The molecule has 0 aliphatic rings. The maximum atomic E-state index is 4.57. The number of nitrogens with zero attached hydrogens (tertiary/aromatic N) is 4. The standard InChI is InChI=1S/C13H13N5/c1-9-13(16-10-7-14-18(2)8-10)17-12-6-4-3-5-11(12)15-9/h3-8H,1-2H3,(H,16,17). The van der Waals surface area contributed by atoms with E-state index in [9.17, 15) is 0 Å². The van der Waals surface area contributed by atoms with Crippen LogP contribution in [0.5, 0.6) is 0 Å². The second-order valence-corrected chi connectivity index (χ2v) is 4.17. The number of benzene rings is 1. The average molecular weight is 239 g/mol. The van der Waals surface area contributed by atoms with Gasteiger partial charge >= 0.3 is 0 Å². The second-order valence-electron chi connectivity index (χ2n) is 4.17. The fourth-order valence-electron chi connectivity index (χ4n) is 1.83. The van der Waals surface area contributed by atoms with Gasteiger partial charge in [0.2, 0.25) is 0 Å². The van der Waals surface area contributed by atoms with Crippen molar-refractivity contribution in [2.75, 3.05) is 5.32 Å². The van der Waals surface area contributed by atoms with Gasteiger partial charge in [-0.15, -0.1) is 0 Å². The van der Waals surface area contributed by atoms with E-state index in [0.717, 1.165) is 28.2 Å². The molecule has 0 atom stereocenters. The van der Waals surface area contributed by atoms with Crippen molar-refractivity contribution in [3.8, 4) is 0 Å². The molecule has 0 saturated heterocycles. The quantitative estimate of drug-likeness (QED) is 0.746. The Morgan fingerprint density at radius 3 is 2.50 bits per heavy atom. The number of para-hydroxylation sites is 2. The van der Waals surface area contributed by atoms with Gasteiger partial charge < -0.3 is 5.32 Å². The van der Waals surface area contributed by atoms with Crippen LogP contribution in [0.2, 0.25) is 0 Å². The highest BCUT2D eigenvalue weighted by molar-refractivity contribution is 5.77. The van der Waals surface area contributed by atoms with Gasteiger partial charge in [-0.2, -0.15) is 5.10 Å². The van der Waals surface area contributed by atoms with Crippen molar-refractivity contribution >= 4 is 22.5 Å². The maximum Gasteiger partial charge on any atom is 0.152 e. The average Bonchev–Trinajstić information content (AvgIpc) is 2.76. The maximum absolute atomic E-state index is 4.57. The van der Waals surface area contributed by atoms with Crippen molar-refractivity contribution in [1.82, 2.24) is 19.7 Å². The molecule has 0 aliphatic carbocycles. The summed E-state index contributed by atoms with van der Waals surface area (Å²) in [5.74, 6) is 0.765. The summed E-state index contributed by atoms with van der Waals surface area (Å²) in [7, 11) is 1.88. The fourth-order valence-corrected chi connectivity index (χ4v) is 1.83. The molecule has 0 amide bonds. The molecule has 0 unspecified atom stereocenters. The summed E-state index contributed by atoms with van der Waals surface area (Å²) >= 11 is 0. The van der Waals surface area contributed by atoms with Gasteiger partial charge in [0.25, 0.3) is 0 Å². The number of aryl methyl sites for hydroxylation is 2. The molecule has 0 radical (unpaired) electrons. The summed E-state index contributed by atoms with van der Waals surface area (Å²) in [6.07, 6.45) is 3.66. The van der Waals surface area contributed by atoms with Gasteiger partial charge in [0.05, 0.1) is 28.6 Å². The summed E-state index contributed by atoms with van der Waals surface area (Å²) < 4.78 is 1.74. The first-order valence-corrected chi connectivity index (χ1v) is 5.71. The number of hydrogen-bond acceptors (Lipinski definition) is 4. The number of nitrogens with one attached hydrogen (secondary N) is 1. The number of aromatic nitrogens is 4. The van der Waals surface area contributed by atoms with Crippen molar-refractivity contribution < 1.29 is 0 Å². The van der Waals surface area contributed by atoms with Gasteiger partial charge in [0.15, 0.2) is 5.82 Å². The van der Waals surface area contributed by atoms with E-state index < -0.39 is 0 Å². The molecule has 0 bridgehead atoms. The lowest BCUT2D eigenvalue weighted by molar-refractivity contribution is 0.768. The van der Waals surface area contributed by atoms with Gasteiger partial charge in [0.1, 0.15) is 0 Å². The van der Waals surface area contributed by atoms with Crippen LogP contribution < -0.4 is 5.32 Å². The summed E-state index contributed by atoms with van der Waals surface area (Å²) in [6, 6.07) is 7.84. The van der Waals surface area contributed by atoms with Crippen molar-refractivity contribution in [2.45, 2.75) is 6.92 Å². The third kappa shape index (κ3) is 1.90. The third-order valence-corrected chi connectivity index (χ3v) is 2.71. The Morgan fingerprint density at radius 2 is 1.83 bits per heavy atom. The zero-order valence-corrected chi connectivity index (χ0v) is 10.3. The van der Waals surface area contributed by atoms with Crippen LogP contribution in [-0.4, -0.2) is 19.7 Å². The van der Waals surface area contributed by atoms with E-state index in [4.69, 9.17) is 0 Å². The van der Waals surface area contributed by atoms with Crippen molar-refractivity contribution in [3.05, 3.63) is 42.4 Å². The van der Waals surface area contributed by atoms with Crippen LogP contribution >= 0.6 is 0 Å². The van der Waals surface area contributed by atoms with Gasteiger partial charge in [-0.1, -0.05) is 12.1 Å². The molecule has 0 aliphatic heterocycles. The predicted octanol–water partition coefficient (Wildman–Crippen LogP) is 2.42. The largest absolute Gasteiger partial charge is 0.336 e. The van der Waals surface area contributed by atoms with Crippen LogP contribution in [0.3, 0.4) is 0 Å². The Bertz CT molecular complexity index is 701. The van der Waals surface area contributed by atoms with Crippen LogP contribution in [0, 0.1) is 6.92 Å². The molecule has 18 heavy (non-hydrogen) atoms. The van der Waals surface area contributed by atoms with E-state index in [1.165, 1.54) is 0 Å². The van der Waals surface area contributed by atoms with Crippen LogP contribution in [0.25, 0.3) is 11.0 Å². The minimum absolute atomic E-state index is 0.765. The van der Waals surface area contributed by atoms with Crippen molar-refractivity contribution in [1.29, 1.82) is 0 Å². The Balaban J connectivity index is 2.03. The number of fused-ring (bicyclic) bond motifs is 1. The van der Waals surface area contributed by atoms with Crippen LogP contribution in [0.4, 0.5) is 11.5 Å². The van der Waals surface area contributed by atoms with Crippen LogP contribution in [0.1, 0.15) is 5.69 Å². The van der Waals surface area contributed by atoms with Gasteiger partial charge in [-0.05, 0) is 19.1 Å². The van der Waals surface area contributed by atoms with Crippen molar-refractivity contribution in [2.24, 2.45) is 7.05 Å². The number of rotatable bonds is 2. The highest BCUT2D eigenvalue weighted by Crippen LogP contribution is 2.19. The summed E-state index contributed by atoms with van der Waals surface area (Å²) in [4.78, 5) is 9.10. The molecule has 2 heterocycles. The van der Waals surface area contributed by atoms with E-state index in [1.54, 1.807) is 10.9 Å². The molecular formula is C13H13N5. The van der Waals surface area contributed by atoms with Crippen molar-refractivity contribution in [3.63, 3.8) is 0 Å². The van der Waals surface area contributed by atoms with Crippen LogP contribution in [-0.2, 0) is 7.05 Å². The van der Waals surface area contributed by atoms with E-state index in [-0.39, 0.29) is 0 Å². The van der Waals surface area contributed by atoms with E-state index in [2.05, 4.69) is 20.4 Å². The minimum Gasteiger partial charge on any atom is -0.336 e. The molecule has 3 aromatic rings. The predicted molar refractivity (Wildman–Crippen MR) is 70.8 cm³/mol. The molecule has 5 nitrogen and oxygen atoms in total. The first kappa shape index (κ1) is 10.7. The highest BCUT2D eigenvalue weighted by Gasteiger charge is 2.05. The first-order valence-electron chi connectivity index (χ1n) is 5.71. The molecule has 0 spiro atoms. The van der Waals surface area contributed by atoms with Crippen LogP contribution in [0.15, 0.2) is 36.7 Å². The molecule has 0 fully saturated rings. The third-order valence-electron chi connectivity index (χ3n) is 2.71. The van der Waals surface area contributed by atoms with Gasteiger partial charge in [-0.25, -0.2) is 9.97 Å². The second kappa shape index (κ2) is 4.10. The van der Waals surface area contributed by atoms with E-state index in [0.29, 0.717) is 0 Å². The lowest BCUT2D eigenvalue weighted by Gasteiger charge is -2.07. The molecule has 0 saturated carbocycles. The smallest absolute Gasteiger partial charge is 0.152 e. The highest BCUT2D eigenvalue weighted by atomic mass is 15.3. The lowest BCUT2D eigenvalue weighted by atomic mass is 10.3.